The summed E-state index contributed by atoms with van der Waals surface area (Å²) in [5, 5.41) is 24.9. The Bertz CT molecular complexity index is 1040. The maximum Gasteiger partial charge on any atom is 0.416 e. The lowest BCUT2D eigenvalue weighted by Crippen LogP contribution is -2.43. The number of aliphatic hydroxyl groups excluding tert-OH is 1. The third-order valence-corrected chi connectivity index (χ3v) is 4.59. The molecule has 10 heteroatoms. The van der Waals surface area contributed by atoms with Crippen LogP contribution in [-0.2, 0) is 6.18 Å². The molecule has 144 valence electrons. The van der Waals surface area contributed by atoms with E-state index in [2.05, 4.69) is 5.53 Å². The van der Waals surface area contributed by atoms with Crippen LogP contribution in [0.25, 0.3) is 5.70 Å². The Balaban J connectivity index is 1.82. The zero-order chi connectivity index (χ0) is 20.2. The second-order valence-corrected chi connectivity index (χ2v) is 6.24. The smallest absolute Gasteiger partial charge is 0.416 e. The van der Waals surface area contributed by atoms with E-state index >= 15 is 0 Å². The van der Waals surface area contributed by atoms with Gasteiger partial charge in [-0.2, -0.15) is 13.2 Å². The Morgan fingerprint density at radius 2 is 1.71 bits per heavy atom. The third kappa shape index (κ3) is 2.57. The van der Waals surface area contributed by atoms with Crippen LogP contribution in [0.4, 0.5) is 24.5 Å². The number of alkyl halides is 3. The topological polar surface area (TPSA) is 81.9 Å². The minimum absolute atomic E-state index is 0.149. The van der Waals surface area contributed by atoms with Gasteiger partial charge in [-0.05, 0) is 43.3 Å². The van der Waals surface area contributed by atoms with E-state index in [9.17, 15) is 28.4 Å². The number of para-hydroxylation sites is 1. The highest BCUT2D eigenvalue weighted by molar-refractivity contribution is 5.85. The molecule has 0 saturated carbocycles. The van der Waals surface area contributed by atoms with Gasteiger partial charge in [-0.3, -0.25) is 15.1 Å². The fraction of sp³-hybridized carbons (Fsp3) is 0.111. The Morgan fingerprint density at radius 1 is 1.07 bits per heavy atom. The number of hydrazine groups is 2. The number of hydrogen-bond acceptors (Lipinski definition) is 6. The Labute approximate surface area is 156 Å². The Morgan fingerprint density at radius 3 is 2.32 bits per heavy atom. The SMILES string of the molecule is CC1=C([N+](=O)[O-])c2ccccc2N2NN(c3ccc(C(F)(F)F)cc3)C(O)=C12. The van der Waals surface area contributed by atoms with Gasteiger partial charge < -0.3 is 5.11 Å². The molecule has 2 aromatic rings. The van der Waals surface area contributed by atoms with Crippen LogP contribution in [0.5, 0.6) is 0 Å². The first kappa shape index (κ1) is 17.9. The lowest BCUT2D eigenvalue weighted by molar-refractivity contribution is -0.376. The Kier molecular flexibility index (Phi) is 3.82. The van der Waals surface area contributed by atoms with Crippen molar-refractivity contribution in [3.63, 3.8) is 0 Å². The predicted octanol–water partition coefficient (Wildman–Crippen LogP) is 4.20. The van der Waals surface area contributed by atoms with Gasteiger partial charge in [-0.1, -0.05) is 12.1 Å². The highest BCUT2D eigenvalue weighted by Crippen LogP contribution is 2.43. The van der Waals surface area contributed by atoms with Gasteiger partial charge in [0.1, 0.15) is 5.70 Å². The molecule has 0 amide bonds. The van der Waals surface area contributed by atoms with Crippen molar-refractivity contribution in [3.8, 4) is 0 Å². The largest absolute Gasteiger partial charge is 0.492 e. The van der Waals surface area contributed by atoms with Crippen LogP contribution in [0.3, 0.4) is 0 Å². The zero-order valence-corrected chi connectivity index (χ0v) is 14.4. The standard InChI is InChI=1S/C18H13F3N4O3/c1-10-15(25(27)28)13-4-2-3-5-14(13)24-16(10)17(26)23(22-24)12-8-6-11(7-9-12)18(19,20)21/h2-9,22,26H,1H3. The number of aliphatic hydroxyl groups is 1. The van der Waals surface area contributed by atoms with E-state index in [4.69, 9.17) is 0 Å². The molecule has 0 aliphatic carbocycles. The molecule has 0 fully saturated rings. The molecule has 0 atom stereocenters. The normalized spacial score (nSPS) is 16.4. The fourth-order valence-corrected chi connectivity index (χ4v) is 3.31. The highest BCUT2D eigenvalue weighted by atomic mass is 19.4. The number of nitrogens with one attached hydrogen (secondary N) is 1. The summed E-state index contributed by atoms with van der Waals surface area (Å²) in [5.74, 6) is -0.355. The van der Waals surface area contributed by atoms with Gasteiger partial charge in [-0.25, -0.2) is 5.01 Å². The summed E-state index contributed by atoms with van der Waals surface area (Å²) in [6.45, 7) is 1.50. The summed E-state index contributed by atoms with van der Waals surface area (Å²) in [6, 6.07) is 10.8. The number of fused-ring (bicyclic) bond motifs is 3. The van der Waals surface area contributed by atoms with Crippen molar-refractivity contribution in [3.05, 3.63) is 86.9 Å². The maximum atomic E-state index is 12.8. The quantitative estimate of drug-likeness (QED) is 0.591. The second kappa shape index (κ2) is 5.99. The summed E-state index contributed by atoms with van der Waals surface area (Å²) >= 11 is 0. The van der Waals surface area contributed by atoms with Crippen LogP contribution in [0, 0.1) is 10.1 Å². The predicted molar refractivity (Wildman–Crippen MR) is 95.2 cm³/mol. The molecular weight excluding hydrogens is 377 g/mol. The van der Waals surface area contributed by atoms with E-state index in [1.165, 1.54) is 29.1 Å². The van der Waals surface area contributed by atoms with Gasteiger partial charge in [0.2, 0.25) is 5.88 Å². The van der Waals surface area contributed by atoms with Gasteiger partial charge in [-0.15, -0.1) is 5.53 Å². The van der Waals surface area contributed by atoms with E-state index in [1.54, 1.807) is 24.3 Å². The molecule has 2 heterocycles. The van der Waals surface area contributed by atoms with Crippen molar-refractivity contribution >= 4 is 17.1 Å². The average Bonchev–Trinajstić information content (AvgIpc) is 2.99. The lowest BCUT2D eigenvalue weighted by Gasteiger charge is -2.28. The van der Waals surface area contributed by atoms with E-state index in [0.717, 1.165) is 12.1 Å². The molecule has 0 radical (unpaired) electrons. The maximum absolute atomic E-state index is 12.8. The van der Waals surface area contributed by atoms with Crippen molar-refractivity contribution in [1.82, 2.24) is 5.53 Å². The summed E-state index contributed by atoms with van der Waals surface area (Å²) in [6.07, 6.45) is -4.48. The first-order valence-electron chi connectivity index (χ1n) is 8.12. The van der Waals surface area contributed by atoms with Crippen molar-refractivity contribution < 1.29 is 23.2 Å². The number of benzene rings is 2. The molecule has 0 aromatic heterocycles. The molecule has 0 saturated heterocycles. The summed E-state index contributed by atoms with van der Waals surface area (Å²) < 4.78 is 38.4. The lowest BCUT2D eigenvalue weighted by atomic mass is 9.98. The zero-order valence-electron chi connectivity index (χ0n) is 14.4. The molecule has 2 aliphatic rings. The number of nitrogens with zero attached hydrogens (tertiary/aromatic N) is 3. The van der Waals surface area contributed by atoms with Gasteiger partial charge >= 0.3 is 6.18 Å². The van der Waals surface area contributed by atoms with Crippen LogP contribution in [0.1, 0.15) is 18.1 Å². The molecular formula is C18H13F3N4O3. The molecule has 4 rings (SSSR count). The number of halogens is 3. The van der Waals surface area contributed by atoms with Crippen LogP contribution >= 0.6 is 0 Å². The summed E-state index contributed by atoms with van der Waals surface area (Å²) in [7, 11) is 0. The first-order valence-corrected chi connectivity index (χ1v) is 8.12. The van der Waals surface area contributed by atoms with Crippen LogP contribution in [-0.4, -0.2) is 10.0 Å². The van der Waals surface area contributed by atoms with Crippen LogP contribution < -0.4 is 15.6 Å². The van der Waals surface area contributed by atoms with Crippen molar-refractivity contribution in [2.75, 3.05) is 10.0 Å². The van der Waals surface area contributed by atoms with Crippen molar-refractivity contribution in [2.45, 2.75) is 13.1 Å². The molecule has 2 aromatic carbocycles. The van der Waals surface area contributed by atoms with Crippen LogP contribution in [0.2, 0.25) is 0 Å². The average molecular weight is 390 g/mol. The Hall–Kier alpha value is -3.53. The minimum atomic E-state index is -4.48. The number of nitro groups is 1. The fourth-order valence-electron chi connectivity index (χ4n) is 3.31. The first-order chi connectivity index (χ1) is 13.2. The molecule has 0 spiro atoms. The van der Waals surface area contributed by atoms with Crippen molar-refractivity contribution in [2.24, 2.45) is 0 Å². The molecule has 7 nitrogen and oxygen atoms in total. The number of rotatable bonds is 2. The molecule has 2 aliphatic heterocycles. The molecule has 2 N–H and O–H groups in total. The monoisotopic (exact) mass is 390 g/mol. The third-order valence-electron chi connectivity index (χ3n) is 4.59. The van der Waals surface area contributed by atoms with Crippen LogP contribution in [0.15, 0.2) is 65.7 Å². The minimum Gasteiger partial charge on any atom is -0.492 e. The number of anilines is 2. The summed E-state index contributed by atoms with van der Waals surface area (Å²) in [4.78, 5) is 11.1. The van der Waals surface area contributed by atoms with E-state index < -0.39 is 16.7 Å². The van der Waals surface area contributed by atoms with Gasteiger partial charge in [0.05, 0.1) is 33.0 Å². The van der Waals surface area contributed by atoms with Gasteiger partial charge in [0, 0.05) is 0 Å². The van der Waals surface area contributed by atoms with E-state index in [-0.39, 0.29) is 28.5 Å². The number of allylic oxidation sites excluding steroid dienone is 1. The summed E-state index contributed by atoms with van der Waals surface area (Å²) in [5.41, 5.74) is 3.32. The molecule has 0 unspecified atom stereocenters. The van der Waals surface area contributed by atoms with E-state index in [0.29, 0.717) is 11.3 Å². The van der Waals surface area contributed by atoms with Gasteiger partial charge in [0.25, 0.3) is 5.70 Å². The molecule has 0 bridgehead atoms. The second-order valence-electron chi connectivity index (χ2n) is 6.24. The van der Waals surface area contributed by atoms with Gasteiger partial charge in [0.15, 0.2) is 0 Å². The van der Waals surface area contributed by atoms with Crippen molar-refractivity contribution in [1.29, 1.82) is 0 Å². The van der Waals surface area contributed by atoms with E-state index in [1.807, 2.05) is 0 Å². The highest BCUT2D eigenvalue weighted by Gasteiger charge is 2.41. The molecule has 28 heavy (non-hydrogen) atoms. The number of hydrogen-bond donors (Lipinski definition) is 2.